The van der Waals surface area contributed by atoms with Crippen molar-refractivity contribution in [2.75, 3.05) is 6.54 Å². The molecule has 1 aliphatic carbocycles. The highest BCUT2D eigenvalue weighted by Crippen LogP contribution is 2.39. The zero-order valence-electron chi connectivity index (χ0n) is 10.7. The van der Waals surface area contributed by atoms with E-state index < -0.39 is 0 Å². The van der Waals surface area contributed by atoms with Crippen molar-refractivity contribution in [1.29, 1.82) is 0 Å². The van der Waals surface area contributed by atoms with E-state index in [1.165, 1.54) is 50.8 Å². The number of halogens is 2. The number of alkyl halides is 1. The number of rotatable bonds is 2. The zero-order chi connectivity index (χ0) is 11.7. The van der Waals surface area contributed by atoms with Gasteiger partial charge in [-0.3, -0.25) is 0 Å². The summed E-state index contributed by atoms with van der Waals surface area (Å²) in [5.74, 6) is 0. The Morgan fingerprint density at radius 3 is 2.72 bits per heavy atom. The summed E-state index contributed by atoms with van der Waals surface area (Å²) < 4.78 is 0.468. The van der Waals surface area contributed by atoms with Gasteiger partial charge in [0.1, 0.15) is 12.6 Å². The summed E-state index contributed by atoms with van der Waals surface area (Å²) in [6.07, 6.45) is 7.00. The molecule has 1 heterocycles. The van der Waals surface area contributed by atoms with Crippen molar-refractivity contribution in [1.82, 2.24) is 0 Å². The topological polar surface area (TPSA) is 4.44 Å². The highest BCUT2D eigenvalue weighted by atomic mass is 79.9. The van der Waals surface area contributed by atoms with Crippen LogP contribution < -0.4 is 17.3 Å². The Labute approximate surface area is 124 Å². The molecule has 3 rings (SSSR count). The molecule has 1 aromatic carbocycles. The van der Waals surface area contributed by atoms with Crippen LogP contribution in [0.25, 0.3) is 0 Å². The van der Waals surface area contributed by atoms with Crippen LogP contribution in [-0.2, 0) is 6.54 Å². The Bertz CT molecular complexity index is 383. The first kappa shape index (κ1) is 14.4. The SMILES string of the molecule is Br[C@]12CCCC[C@H]1[NH+](Cc1ccccc1)CC2.[Cl-]. The van der Waals surface area contributed by atoms with Gasteiger partial charge in [-0.2, -0.15) is 0 Å². The molecule has 100 valence electrons. The van der Waals surface area contributed by atoms with Gasteiger partial charge < -0.3 is 17.3 Å². The maximum atomic E-state index is 4.06. The van der Waals surface area contributed by atoms with Crippen molar-refractivity contribution in [3.05, 3.63) is 35.9 Å². The minimum absolute atomic E-state index is 0. The van der Waals surface area contributed by atoms with Gasteiger partial charge in [0.05, 0.1) is 10.9 Å². The van der Waals surface area contributed by atoms with E-state index in [4.69, 9.17) is 0 Å². The van der Waals surface area contributed by atoms with Crippen LogP contribution >= 0.6 is 15.9 Å². The largest absolute Gasteiger partial charge is 1.00 e. The van der Waals surface area contributed by atoms with E-state index in [-0.39, 0.29) is 12.4 Å². The van der Waals surface area contributed by atoms with Crippen molar-refractivity contribution in [3.8, 4) is 0 Å². The average molecular weight is 331 g/mol. The lowest BCUT2D eigenvalue weighted by Crippen LogP contribution is -3.13. The molecule has 18 heavy (non-hydrogen) atoms. The molecule has 2 fully saturated rings. The molecule has 0 aromatic heterocycles. The molecule has 3 atom stereocenters. The van der Waals surface area contributed by atoms with Gasteiger partial charge in [-0.05, 0) is 12.8 Å². The monoisotopic (exact) mass is 329 g/mol. The third-order valence-electron chi connectivity index (χ3n) is 4.59. The number of fused-ring (bicyclic) bond motifs is 1. The van der Waals surface area contributed by atoms with Crippen molar-refractivity contribution < 1.29 is 17.3 Å². The summed E-state index contributed by atoms with van der Waals surface area (Å²) >= 11 is 4.06. The Morgan fingerprint density at radius 2 is 1.94 bits per heavy atom. The van der Waals surface area contributed by atoms with Crippen LogP contribution in [0.5, 0.6) is 0 Å². The maximum Gasteiger partial charge on any atom is 0.103 e. The van der Waals surface area contributed by atoms with Crippen molar-refractivity contribution >= 4 is 15.9 Å². The summed E-state index contributed by atoms with van der Waals surface area (Å²) in [5.41, 5.74) is 1.49. The molecule has 2 aliphatic rings. The van der Waals surface area contributed by atoms with Gasteiger partial charge in [-0.25, -0.2) is 0 Å². The minimum Gasteiger partial charge on any atom is -1.00 e. The second kappa shape index (κ2) is 5.94. The highest BCUT2D eigenvalue weighted by Gasteiger charge is 2.50. The number of quaternary nitrogens is 1. The van der Waals surface area contributed by atoms with E-state index >= 15 is 0 Å². The lowest BCUT2D eigenvalue weighted by atomic mass is 9.85. The van der Waals surface area contributed by atoms with Crippen LogP contribution in [0.15, 0.2) is 30.3 Å². The molecule has 0 radical (unpaired) electrons. The summed E-state index contributed by atoms with van der Waals surface area (Å²) in [5, 5.41) is 0. The maximum absolute atomic E-state index is 4.06. The molecule has 1 saturated heterocycles. The summed E-state index contributed by atoms with van der Waals surface area (Å²) in [6.45, 7) is 2.55. The minimum atomic E-state index is 0. The number of nitrogens with one attached hydrogen (secondary N) is 1. The van der Waals surface area contributed by atoms with Crippen LogP contribution in [0, 0.1) is 0 Å². The third kappa shape index (κ3) is 2.76. The summed E-state index contributed by atoms with van der Waals surface area (Å²) in [4.78, 5) is 1.80. The van der Waals surface area contributed by atoms with E-state index in [9.17, 15) is 0 Å². The molecule has 0 bridgehead atoms. The molecule has 0 amide bonds. The number of hydrogen-bond donors (Lipinski definition) is 1. The molecule has 0 spiro atoms. The molecule has 1 nitrogen and oxygen atoms in total. The first-order chi connectivity index (χ1) is 8.28. The van der Waals surface area contributed by atoms with Gasteiger partial charge in [-0.1, -0.05) is 52.7 Å². The fraction of sp³-hybridized carbons (Fsp3) is 0.600. The third-order valence-corrected chi connectivity index (χ3v) is 5.93. The molecule has 3 heteroatoms. The molecular weight excluding hydrogens is 310 g/mol. The molecule has 1 unspecified atom stereocenters. The average Bonchev–Trinajstić information content (AvgIpc) is 2.68. The smallest absolute Gasteiger partial charge is 0.103 e. The first-order valence-corrected chi connectivity index (χ1v) is 7.65. The zero-order valence-corrected chi connectivity index (χ0v) is 13.0. The van der Waals surface area contributed by atoms with Gasteiger partial charge in [0.15, 0.2) is 0 Å². The number of likely N-dealkylation sites (tertiary alicyclic amines) is 1. The predicted molar refractivity (Wildman–Crippen MR) is 74.5 cm³/mol. The Morgan fingerprint density at radius 1 is 1.17 bits per heavy atom. The number of hydrogen-bond acceptors (Lipinski definition) is 0. The van der Waals surface area contributed by atoms with Gasteiger partial charge in [0, 0.05) is 18.4 Å². The van der Waals surface area contributed by atoms with Gasteiger partial charge in [-0.15, -0.1) is 0 Å². The Hall–Kier alpha value is -0.0500. The van der Waals surface area contributed by atoms with Crippen molar-refractivity contribution in [2.45, 2.75) is 49.0 Å². The summed E-state index contributed by atoms with van der Waals surface area (Å²) in [6, 6.07) is 11.8. The quantitative estimate of drug-likeness (QED) is 0.701. The van der Waals surface area contributed by atoms with Gasteiger partial charge in [0.2, 0.25) is 0 Å². The lowest BCUT2D eigenvalue weighted by Gasteiger charge is -2.34. The molecule has 1 aliphatic heterocycles. The fourth-order valence-corrected chi connectivity index (χ4v) is 4.71. The lowest BCUT2D eigenvalue weighted by molar-refractivity contribution is -0.927. The number of benzene rings is 1. The fourth-order valence-electron chi connectivity index (χ4n) is 3.68. The second-order valence-electron chi connectivity index (χ2n) is 5.65. The van der Waals surface area contributed by atoms with E-state index in [0.717, 1.165) is 6.04 Å². The van der Waals surface area contributed by atoms with Crippen molar-refractivity contribution in [2.24, 2.45) is 0 Å². The molecule has 1 saturated carbocycles. The van der Waals surface area contributed by atoms with Gasteiger partial charge in [0.25, 0.3) is 0 Å². The predicted octanol–water partition coefficient (Wildman–Crippen LogP) is -0.444. The van der Waals surface area contributed by atoms with Crippen molar-refractivity contribution in [3.63, 3.8) is 0 Å². The normalized spacial score (nSPS) is 34.7. The highest BCUT2D eigenvalue weighted by molar-refractivity contribution is 9.10. The molecule has 1 N–H and O–H groups in total. The van der Waals surface area contributed by atoms with Crippen LogP contribution in [0.4, 0.5) is 0 Å². The van der Waals surface area contributed by atoms with E-state index in [1.54, 1.807) is 4.90 Å². The van der Waals surface area contributed by atoms with Gasteiger partial charge >= 0.3 is 0 Å². The second-order valence-corrected chi connectivity index (χ2v) is 7.23. The standard InChI is InChI=1S/C15H20BrN.ClH/c16-15-9-5-4-8-14(15)17(11-10-15)12-13-6-2-1-3-7-13;/h1-3,6-7,14H,4-5,8-12H2;1H/t14-,15+;/m1./s1. The van der Waals surface area contributed by atoms with Crippen LogP contribution in [-0.4, -0.2) is 16.9 Å². The van der Waals surface area contributed by atoms with Crippen LogP contribution in [0.3, 0.4) is 0 Å². The van der Waals surface area contributed by atoms with Crippen LogP contribution in [0.1, 0.15) is 37.7 Å². The van der Waals surface area contributed by atoms with E-state index in [0.29, 0.717) is 4.32 Å². The van der Waals surface area contributed by atoms with Crippen LogP contribution in [0.2, 0.25) is 0 Å². The first-order valence-electron chi connectivity index (χ1n) is 6.85. The molecule has 1 aromatic rings. The van der Waals surface area contributed by atoms with E-state index in [1.807, 2.05) is 0 Å². The summed E-state index contributed by atoms with van der Waals surface area (Å²) in [7, 11) is 0. The van der Waals surface area contributed by atoms with E-state index in [2.05, 4.69) is 46.3 Å². The Kier molecular flexibility index (Phi) is 4.74. The Balaban J connectivity index is 0.00000120. The molecular formula is C15H21BrClN.